The molecule has 0 atom stereocenters. The van der Waals surface area contributed by atoms with Gasteiger partial charge in [-0.3, -0.25) is 0 Å². The molecule has 0 bridgehead atoms. The summed E-state index contributed by atoms with van der Waals surface area (Å²) in [5.41, 5.74) is 4.80. The van der Waals surface area contributed by atoms with Crippen molar-refractivity contribution in [1.82, 2.24) is 0 Å². The van der Waals surface area contributed by atoms with E-state index in [0.29, 0.717) is 0 Å². The van der Waals surface area contributed by atoms with Crippen molar-refractivity contribution in [1.29, 1.82) is 0 Å². The van der Waals surface area contributed by atoms with Crippen molar-refractivity contribution in [3.8, 4) is 0 Å². The van der Waals surface area contributed by atoms with Gasteiger partial charge in [-0.15, -0.1) is 0 Å². The van der Waals surface area contributed by atoms with Crippen molar-refractivity contribution in [2.45, 2.75) is 26.3 Å². The minimum Gasteiger partial charge on any atom is -0.381 e. The van der Waals surface area contributed by atoms with Crippen LogP contribution in [0.25, 0.3) is 0 Å². The average Bonchev–Trinajstić information content (AvgIpc) is 3.03. The van der Waals surface area contributed by atoms with Gasteiger partial charge in [-0.1, -0.05) is 23.7 Å². The van der Waals surface area contributed by atoms with Crippen LogP contribution in [0.15, 0.2) is 42.5 Å². The smallest absolute Gasteiger partial charge is 0.0438 e. The van der Waals surface area contributed by atoms with Crippen LogP contribution >= 0.6 is 11.6 Å². The van der Waals surface area contributed by atoms with E-state index < -0.39 is 0 Å². The van der Waals surface area contributed by atoms with E-state index in [1.807, 2.05) is 13.0 Å². The lowest BCUT2D eigenvalue weighted by molar-refractivity contribution is 0.949. The molecule has 0 radical (unpaired) electrons. The molecule has 1 aliphatic rings. The Balaban J connectivity index is 1.61. The molecule has 2 nitrogen and oxygen atoms in total. The monoisotopic (exact) mass is 300 g/mol. The Labute approximate surface area is 131 Å². The first-order valence-electron chi connectivity index (χ1n) is 7.56. The van der Waals surface area contributed by atoms with Gasteiger partial charge in [-0.05, 0) is 61.2 Å². The summed E-state index contributed by atoms with van der Waals surface area (Å²) in [6.45, 7) is 5.20. The third-order valence-corrected chi connectivity index (χ3v) is 4.48. The van der Waals surface area contributed by atoms with Crippen molar-refractivity contribution >= 4 is 23.0 Å². The van der Waals surface area contributed by atoms with Gasteiger partial charge < -0.3 is 10.2 Å². The van der Waals surface area contributed by atoms with Crippen molar-refractivity contribution in [3.05, 3.63) is 58.6 Å². The highest BCUT2D eigenvalue weighted by atomic mass is 35.5. The molecule has 1 heterocycles. The zero-order valence-electron chi connectivity index (χ0n) is 12.4. The SMILES string of the molecule is Cc1ccc(CNc2ccc(N3CCCC3)cc2)cc1Cl. The molecule has 0 unspecified atom stereocenters. The molecular weight excluding hydrogens is 280 g/mol. The van der Waals surface area contributed by atoms with Crippen LogP contribution in [0.3, 0.4) is 0 Å². The Bertz CT molecular complexity index is 601. The normalized spacial score (nSPS) is 14.5. The minimum atomic E-state index is 0.795. The molecule has 1 N–H and O–H groups in total. The lowest BCUT2D eigenvalue weighted by atomic mass is 10.1. The molecule has 3 heteroatoms. The van der Waals surface area contributed by atoms with E-state index in [1.54, 1.807) is 0 Å². The van der Waals surface area contributed by atoms with Gasteiger partial charge in [0.2, 0.25) is 0 Å². The third-order valence-electron chi connectivity index (χ3n) is 4.07. The lowest BCUT2D eigenvalue weighted by Gasteiger charge is -2.18. The van der Waals surface area contributed by atoms with Crippen LogP contribution in [0.1, 0.15) is 24.0 Å². The highest BCUT2D eigenvalue weighted by molar-refractivity contribution is 6.31. The quantitative estimate of drug-likeness (QED) is 0.867. The molecule has 2 aromatic rings. The Kier molecular flexibility index (Phi) is 4.35. The van der Waals surface area contributed by atoms with Crippen LogP contribution in [0.2, 0.25) is 5.02 Å². The number of hydrogen-bond acceptors (Lipinski definition) is 2. The fourth-order valence-electron chi connectivity index (χ4n) is 2.72. The summed E-state index contributed by atoms with van der Waals surface area (Å²) in [6.07, 6.45) is 2.63. The van der Waals surface area contributed by atoms with Crippen LogP contribution < -0.4 is 10.2 Å². The number of rotatable bonds is 4. The Morgan fingerprint density at radius 3 is 2.43 bits per heavy atom. The molecule has 0 amide bonds. The number of aryl methyl sites for hydroxylation is 1. The zero-order chi connectivity index (χ0) is 14.7. The van der Waals surface area contributed by atoms with E-state index in [-0.39, 0.29) is 0 Å². The molecule has 1 fully saturated rings. The van der Waals surface area contributed by atoms with Crippen molar-refractivity contribution in [2.24, 2.45) is 0 Å². The molecule has 1 saturated heterocycles. The molecule has 0 saturated carbocycles. The Morgan fingerprint density at radius 2 is 1.76 bits per heavy atom. The van der Waals surface area contributed by atoms with Gasteiger partial charge in [-0.2, -0.15) is 0 Å². The molecule has 21 heavy (non-hydrogen) atoms. The second kappa shape index (κ2) is 6.40. The summed E-state index contributed by atoms with van der Waals surface area (Å²) < 4.78 is 0. The maximum absolute atomic E-state index is 6.16. The Morgan fingerprint density at radius 1 is 1.05 bits per heavy atom. The van der Waals surface area contributed by atoms with Gasteiger partial charge in [0.1, 0.15) is 0 Å². The number of nitrogens with one attached hydrogen (secondary N) is 1. The van der Waals surface area contributed by atoms with E-state index >= 15 is 0 Å². The maximum atomic E-state index is 6.16. The fourth-order valence-corrected chi connectivity index (χ4v) is 2.92. The molecule has 0 aliphatic carbocycles. The number of benzene rings is 2. The molecule has 110 valence electrons. The molecule has 3 rings (SSSR count). The average molecular weight is 301 g/mol. The largest absolute Gasteiger partial charge is 0.381 e. The van der Waals surface area contributed by atoms with Gasteiger partial charge in [0.25, 0.3) is 0 Å². The first kappa shape index (κ1) is 14.3. The third kappa shape index (κ3) is 3.51. The molecule has 0 aromatic heterocycles. The Hall–Kier alpha value is -1.67. The molecule has 2 aromatic carbocycles. The second-order valence-corrected chi connectivity index (χ2v) is 6.09. The van der Waals surface area contributed by atoms with E-state index in [4.69, 9.17) is 11.6 Å². The van der Waals surface area contributed by atoms with Crippen molar-refractivity contribution < 1.29 is 0 Å². The van der Waals surface area contributed by atoms with Crippen LogP contribution in [0.4, 0.5) is 11.4 Å². The van der Waals surface area contributed by atoms with Gasteiger partial charge >= 0.3 is 0 Å². The lowest BCUT2D eigenvalue weighted by Crippen LogP contribution is -2.17. The summed E-state index contributed by atoms with van der Waals surface area (Å²) in [6, 6.07) is 14.9. The maximum Gasteiger partial charge on any atom is 0.0438 e. The predicted octanol–water partition coefficient (Wildman–Crippen LogP) is 4.86. The summed E-state index contributed by atoms with van der Waals surface area (Å²) in [7, 11) is 0. The van der Waals surface area contributed by atoms with Crippen LogP contribution in [-0.4, -0.2) is 13.1 Å². The second-order valence-electron chi connectivity index (χ2n) is 5.68. The number of nitrogens with zero attached hydrogens (tertiary/aromatic N) is 1. The highest BCUT2D eigenvalue weighted by Gasteiger charge is 2.11. The van der Waals surface area contributed by atoms with Crippen LogP contribution in [0, 0.1) is 6.92 Å². The number of anilines is 2. The van der Waals surface area contributed by atoms with E-state index in [2.05, 4.69) is 46.6 Å². The number of hydrogen-bond donors (Lipinski definition) is 1. The van der Waals surface area contributed by atoms with Gasteiger partial charge in [-0.25, -0.2) is 0 Å². The molecule has 1 aliphatic heterocycles. The van der Waals surface area contributed by atoms with Gasteiger partial charge in [0, 0.05) is 36.0 Å². The first-order chi connectivity index (χ1) is 10.2. The summed E-state index contributed by atoms with van der Waals surface area (Å²) in [4.78, 5) is 2.45. The predicted molar refractivity (Wildman–Crippen MR) is 91.4 cm³/mol. The summed E-state index contributed by atoms with van der Waals surface area (Å²) in [5, 5.41) is 4.28. The minimum absolute atomic E-state index is 0.795. The van der Waals surface area contributed by atoms with Crippen molar-refractivity contribution in [2.75, 3.05) is 23.3 Å². The van der Waals surface area contributed by atoms with E-state index in [0.717, 1.165) is 22.8 Å². The molecular formula is C18H21ClN2. The number of halogens is 1. The van der Waals surface area contributed by atoms with Crippen LogP contribution in [0.5, 0.6) is 0 Å². The first-order valence-corrected chi connectivity index (χ1v) is 7.94. The topological polar surface area (TPSA) is 15.3 Å². The van der Waals surface area contributed by atoms with Crippen LogP contribution in [-0.2, 0) is 6.54 Å². The highest BCUT2D eigenvalue weighted by Crippen LogP contribution is 2.23. The van der Waals surface area contributed by atoms with E-state index in [1.165, 1.54) is 37.2 Å². The van der Waals surface area contributed by atoms with Gasteiger partial charge in [0.15, 0.2) is 0 Å². The zero-order valence-corrected chi connectivity index (χ0v) is 13.2. The molecule has 0 spiro atoms. The van der Waals surface area contributed by atoms with Crippen molar-refractivity contribution in [3.63, 3.8) is 0 Å². The standard InChI is InChI=1S/C18H21ClN2/c1-14-4-5-15(12-18(14)19)13-20-16-6-8-17(9-7-16)21-10-2-3-11-21/h4-9,12,20H,2-3,10-11,13H2,1H3. The van der Waals surface area contributed by atoms with E-state index in [9.17, 15) is 0 Å². The summed E-state index contributed by atoms with van der Waals surface area (Å²) >= 11 is 6.16. The van der Waals surface area contributed by atoms with Gasteiger partial charge in [0.05, 0.1) is 0 Å². The fraction of sp³-hybridized carbons (Fsp3) is 0.333. The summed E-state index contributed by atoms with van der Waals surface area (Å²) in [5.74, 6) is 0.